The summed E-state index contributed by atoms with van der Waals surface area (Å²) in [7, 11) is -4.52. The average molecular weight is 616 g/mol. The van der Waals surface area contributed by atoms with E-state index in [4.69, 9.17) is 9.92 Å². The first kappa shape index (κ1) is 36.3. The molecule has 240 valence electrons. The number of hydrogen-bond donors (Lipinski definition) is 3. The third-order valence-electron chi connectivity index (χ3n) is 7.70. The predicted octanol–water partition coefficient (Wildman–Crippen LogP) is 7.21. The van der Waals surface area contributed by atoms with Crippen molar-refractivity contribution in [2.75, 3.05) is 5.32 Å². The molecule has 0 aliphatic rings. The molecule has 8 nitrogen and oxygen atoms in total. The highest BCUT2D eigenvalue weighted by atomic mass is 32.2. The van der Waals surface area contributed by atoms with Crippen molar-refractivity contribution in [3.63, 3.8) is 0 Å². The van der Waals surface area contributed by atoms with Crippen molar-refractivity contribution in [3.05, 3.63) is 57.6 Å². The van der Waals surface area contributed by atoms with Crippen LogP contribution in [0.2, 0.25) is 0 Å². The molecule has 0 fully saturated rings. The van der Waals surface area contributed by atoms with Crippen LogP contribution in [0.25, 0.3) is 0 Å². The molecule has 0 aliphatic carbocycles. The number of hydrogen-bond acceptors (Lipinski definition) is 6. The van der Waals surface area contributed by atoms with Crippen molar-refractivity contribution >= 4 is 27.8 Å². The van der Waals surface area contributed by atoms with Gasteiger partial charge >= 0.3 is 10.3 Å². The highest BCUT2D eigenvalue weighted by molar-refractivity contribution is 7.85. The average Bonchev–Trinajstić information content (AvgIpc) is 2.87. The Morgan fingerprint density at radius 2 is 1.16 bits per heavy atom. The van der Waals surface area contributed by atoms with E-state index in [1.807, 2.05) is 41.5 Å². The van der Waals surface area contributed by atoms with Gasteiger partial charge in [0.2, 0.25) is 11.8 Å². The monoisotopic (exact) mass is 615 g/mol. The number of amides is 2. The zero-order valence-electron chi connectivity index (χ0n) is 28.1. The Kier molecular flexibility index (Phi) is 12.4. The van der Waals surface area contributed by atoms with Gasteiger partial charge in [-0.1, -0.05) is 95.2 Å². The predicted molar refractivity (Wildman–Crippen MR) is 176 cm³/mol. The Bertz CT molecular complexity index is 1350. The SMILES string of the molecule is CC(C)c1cc(C(C)C)c(CC(=O)NS(=O)(=O)Oc2c(C(C)C)cc(NC(=O)C(N)C(C)C)cc2C(C)C)c(C(C)C)c1. The van der Waals surface area contributed by atoms with Gasteiger partial charge in [-0.15, -0.1) is 0 Å². The standard InChI is InChI=1S/C34H53N3O5S/c1-18(2)24-13-26(19(3)4)30(27(14-24)20(5)6)17-31(38)37-43(40,41)42-33-28(21(7)8)15-25(16-29(33)22(9)10)36-34(39)32(35)23(11)12/h13-16,18-23,32H,17,35H2,1-12H3,(H,36,39)(H,37,38). The first-order chi connectivity index (χ1) is 19.7. The van der Waals surface area contributed by atoms with Gasteiger partial charge in [-0.2, -0.15) is 8.42 Å². The van der Waals surface area contributed by atoms with Crippen LogP contribution in [0.5, 0.6) is 5.75 Å². The molecule has 0 bridgehead atoms. The molecule has 2 amide bonds. The van der Waals surface area contributed by atoms with E-state index in [0.29, 0.717) is 22.7 Å². The number of carbonyl (C=O) groups is 2. The van der Waals surface area contributed by atoms with Gasteiger partial charge in [-0.05, 0) is 69.9 Å². The lowest BCUT2D eigenvalue weighted by molar-refractivity contribution is -0.119. The van der Waals surface area contributed by atoms with Crippen LogP contribution in [-0.2, 0) is 26.3 Å². The molecule has 43 heavy (non-hydrogen) atoms. The summed E-state index contributed by atoms with van der Waals surface area (Å²) in [6.07, 6.45) is -0.0862. The third-order valence-corrected chi connectivity index (χ3v) is 8.56. The van der Waals surface area contributed by atoms with E-state index in [1.54, 1.807) is 12.1 Å². The third kappa shape index (κ3) is 9.54. The van der Waals surface area contributed by atoms with E-state index in [-0.39, 0.29) is 47.7 Å². The maximum absolute atomic E-state index is 13.3. The summed E-state index contributed by atoms with van der Waals surface area (Å²) >= 11 is 0. The second-order valence-electron chi connectivity index (χ2n) is 13.4. The van der Waals surface area contributed by atoms with Crippen LogP contribution < -0.4 is 20.0 Å². The Hall–Kier alpha value is -2.91. The topological polar surface area (TPSA) is 128 Å². The highest BCUT2D eigenvalue weighted by Crippen LogP contribution is 2.38. The summed E-state index contributed by atoms with van der Waals surface area (Å²) in [4.78, 5) is 26.0. The van der Waals surface area contributed by atoms with E-state index in [9.17, 15) is 18.0 Å². The van der Waals surface area contributed by atoms with Gasteiger partial charge in [0.05, 0.1) is 12.5 Å². The van der Waals surface area contributed by atoms with E-state index in [0.717, 1.165) is 16.7 Å². The molecule has 0 saturated heterocycles. The summed E-state index contributed by atoms with van der Waals surface area (Å²) in [5.74, 6) is -0.530. The first-order valence-corrected chi connectivity index (χ1v) is 16.8. The molecule has 1 unspecified atom stereocenters. The first-order valence-electron chi connectivity index (χ1n) is 15.4. The van der Waals surface area contributed by atoms with E-state index >= 15 is 0 Å². The lowest BCUT2D eigenvalue weighted by Crippen LogP contribution is -2.39. The summed E-state index contributed by atoms with van der Waals surface area (Å²) in [6.45, 7) is 24.0. The van der Waals surface area contributed by atoms with Crippen LogP contribution in [0, 0.1) is 5.92 Å². The van der Waals surface area contributed by atoms with Gasteiger partial charge in [0.15, 0.2) is 5.75 Å². The van der Waals surface area contributed by atoms with Gasteiger partial charge in [-0.25, -0.2) is 4.72 Å². The van der Waals surface area contributed by atoms with Crippen LogP contribution in [0.3, 0.4) is 0 Å². The van der Waals surface area contributed by atoms with Gasteiger partial charge in [-0.3, -0.25) is 9.59 Å². The van der Waals surface area contributed by atoms with Crippen LogP contribution in [0.15, 0.2) is 24.3 Å². The summed E-state index contributed by atoms with van der Waals surface area (Å²) < 4.78 is 34.4. The minimum Gasteiger partial charge on any atom is -0.366 e. The second-order valence-corrected chi connectivity index (χ2v) is 14.7. The summed E-state index contributed by atoms with van der Waals surface area (Å²) in [5, 5.41) is 2.86. The summed E-state index contributed by atoms with van der Waals surface area (Å²) in [5.41, 5.74) is 11.9. The van der Waals surface area contributed by atoms with E-state index in [2.05, 4.69) is 63.7 Å². The number of nitrogens with two attached hydrogens (primary N) is 1. The Balaban J connectivity index is 2.46. The number of benzene rings is 2. The lowest BCUT2D eigenvalue weighted by atomic mass is 9.83. The molecule has 1 atom stereocenters. The molecular weight excluding hydrogens is 562 g/mol. The van der Waals surface area contributed by atoms with Crippen LogP contribution in [-0.4, -0.2) is 26.3 Å². The molecule has 0 aromatic heterocycles. The normalized spacial score (nSPS) is 13.0. The lowest BCUT2D eigenvalue weighted by Gasteiger charge is -2.23. The van der Waals surface area contributed by atoms with Crippen molar-refractivity contribution in [1.82, 2.24) is 4.72 Å². The number of carbonyl (C=O) groups excluding carboxylic acids is 2. The molecule has 4 N–H and O–H groups in total. The molecule has 2 rings (SSSR count). The molecule has 0 heterocycles. The van der Waals surface area contributed by atoms with Crippen molar-refractivity contribution in [1.29, 1.82) is 0 Å². The van der Waals surface area contributed by atoms with E-state index < -0.39 is 22.3 Å². The number of nitrogens with one attached hydrogen (secondary N) is 2. The van der Waals surface area contributed by atoms with Crippen molar-refractivity contribution in [2.24, 2.45) is 11.7 Å². The molecule has 0 aliphatic heterocycles. The van der Waals surface area contributed by atoms with Gasteiger partial charge in [0.25, 0.3) is 0 Å². The fourth-order valence-electron chi connectivity index (χ4n) is 5.00. The Morgan fingerprint density at radius 1 is 0.721 bits per heavy atom. The minimum absolute atomic E-state index is 0.0492. The molecule has 2 aromatic carbocycles. The van der Waals surface area contributed by atoms with Gasteiger partial charge < -0.3 is 15.2 Å². The zero-order valence-corrected chi connectivity index (χ0v) is 28.9. The molecule has 0 saturated carbocycles. The molecule has 0 radical (unpaired) electrons. The van der Waals surface area contributed by atoms with Crippen LogP contribution in [0.4, 0.5) is 5.69 Å². The fraction of sp³-hybridized carbons (Fsp3) is 0.588. The quantitative estimate of drug-likeness (QED) is 0.219. The molecule has 2 aromatic rings. The van der Waals surface area contributed by atoms with Crippen molar-refractivity contribution in [3.8, 4) is 5.75 Å². The van der Waals surface area contributed by atoms with Crippen molar-refractivity contribution < 1.29 is 22.2 Å². The Labute approximate surface area is 259 Å². The zero-order chi connectivity index (χ0) is 33.0. The van der Waals surface area contributed by atoms with Gasteiger partial charge in [0.1, 0.15) is 0 Å². The highest BCUT2D eigenvalue weighted by Gasteiger charge is 2.27. The fourth-order valence-corrected chi connectivity index (χ4v) is 5.81. The van der Waals surface area contributed by atoms with Gasteiger partial charge in [0, 0.05) is 16.8 Å². The maximum Gasteiger partial charge on any atom is 0.409 e. The minimum atomic E-state index is -4.52. The molecule has 0 spiro atoms. The van der Waals surface area contributed by atoms with E-state index in [1.165, 1.54) is 5.56 Å². The smallest absolute Gasteiger partial charge is 0.366 e. The Morgan fingerprint density at radius 3 is 1.53 bits per heavy atom. The largest absolute Gasteiger partial charge is 0.409 e. The maximum atomic E-state index is 13.3. The summed E-state index contributed by atoms with van der Waals surface area (Å²) in [6, 6.07) is 6.98. The van der Waals surface area contributed by atoms with Crippen LogP contribution in [0.1, 0.15) is 146 Å². The number of rotatable bonds is 13. The van der Waals surface area contributed by atoms with Crippen LogP contribution >= 0.6 is 0 Å². The molecule has 9 heteroatoms. The number of anilines is 1. The second kappa shape index (κ2) is 14.7. The molecular formula is C34H53N3O5S. The van der Waals surface area contributed by atoms with Crippen molar-refractivity contribution in [2.45, 2.75) is 125 Å².